The van der Waals surface area contributed by atoms with Crippen LogP contribution in [0.2, 0.25) is 0 Å². The third-order valence-electron chi connectivity index (χ3n) is 5.83. The predicted molar refractivity (Wildman–Crippen MR) is 80.8 cm³/mol. The first-order valence-corrected chi connectivity index (χ1v) is 8.33. The van der Waals surface area contributed by atoms with Crippen molar-refractivity contribution in [1.82, 2.24) is 4.90 Å². The van der Waals surface area contributed by atoms with Gasteiger partial charge in [-0.3, -0.25) is 4.90 Å². The van der Waals surface area contributed by atoms with Gasteiger partial charge >= 0.3 is 0 Å². The van der Waals surface area contributed by atoms with E-state index in [1.165, 1.54) is 44.3 Å². The van der Waals surface area contributed by atoms with Crippen molar-refractivity contribution in [3.8, 4) is 0 Å². The van der Waals surface area contributed by atoms with Gasteiger partial charge in [-0.25, -0.2) is 0 Å². The number of likely N-dealkylation sites (tertiary alicyclic amines) is 1. The molecule has 0 unspecified atom stereocenters. The molecule has 20 heavy (non-hydrogen) atoms. The van der Waals surface area contributed by atoms with E-state index in [4.69, 9.17) is 0 Å². The molecule has 108 valence electrons. The van der Waals surface area contributed by atoms with Crippen LogP contribution in [0.4, 0.5) is 0 Å². The summed E-state index contributed by atoms with van der Waals surface area (Å²) in [6, 6.07) is 9.32. The van der Waals surface area contributed by atoms with Crippen LogP contribution in [0, 0.1) is 5.92 Å². The van der Waals surface area contributed by atoms with Gasteiger partial charge in [-0.15, -0.1) is 0 Å². The van der Waals surface area contributed by atoms with Gasteiger partial charge in [0.1, 0.15) is 0 Å². The predicted octanol–water partition coefficient (Wildman–Crippen LogP) is 2.95. The molecule has 0 aromatic heterocycles. The lowest BCUT2D eigenvalue weighted by atomic mass is 9.66. The molecule has 2 heteroatoms. The van der Waals surface area contributed by atoms with Crippen LogP contribution in [0.15, 0.2) is 24.3 Å². The minimum absolute atomic E-state index is 0.113. The smallest absolute Gasteiger partial charge is 0.0727 e. The number of benzene rings is 1. The number of fused-ring (bicyclic) bond motifs is 4. The Morgan fingerprint density at radius 1 is 1.00 bits per heavy atom. The summed E-state index contributed by atoms with van der Waals surface area (Å²) in [5.74, 6) is 1.16. The van der Waals surface area contributed by atoms with E-state index in [-0.39, 0.29) is 6.10 Å². The molecule has 1 N–H and O–H groups in total. The maximum Gasteiger partial charge on any atom is 0.0727 e. The van der Waals surface area contributed by atoms with Gasteiger partial charge < -0.3 is 5.11 Å². The Morgan fingerprint density at radius 3 is 2.65 bits per heavy atom. The molecule has 2 nitrogen and oxygen atoms in total. The molecule has 4 atom stereocenters. The second kappa shape index (κ2) is 5.16. The number of hydrogen-bond donors (Lipinski definition) is 1. The molecule has 1 heterocycles. The molecule has 0 amide bonds. The van der Waals surface area contributed by atoms with Crippen molar-refractivity contribution in [1.29, 1.82) is 0 Å². The Hall–Kier alpha value is -0.860. The van der Waals surface area contributed by atoms with Gasteiger partial charge in [0.15, 0.2) is 0 Å². The van der Waals surface area contributed by atoms with Crippen molar-refractivity contribution in [2.45, 2.75) is 56.6 Å². The number of aliphatic hydroxyl groups is 1. The van der Waals surface area contributed by atoms with Gasteiger partial charge in [0.25, 0.3) is 0 Å². The number of rotatable bonds is 1. The molecule has 2 bridgehead atoms. The minimum Gasteiger partial charge on any atom is -0.391 e. The molecular formula is C18H25NO. The summed E-state index contributed by atoms with van der Waals surface area (Å²) in [5, 5.41) is 10.8. The van der Waals surface area contributed by atoms with Crippen LogP contribution in [0.1, 0.15) is 49.1 Å². The van der Waals surface area contributed by atoms with Crippen molar-refractivity contribution in [2.75, 3.05) is 13.1 Å². The normalized spacial score (nSPS) is 37.5. The monoisotopic (exact) mass is 271 g/mol. The summed E-state index contributed by atoms with van der Waals surface area (Å²) >= 11 is 0. The number of aliphatic hydroxyl groups excluding tert-OH is 1. The lowest BCUT2D eigenvalue weighted by Crippen LogP contribution is -2.53. The Bertz CT molecular complexity index is 480. The lowest BCUT2D eigenvalue weighted by Gasteiger charge is -2.48. The molecule has 0 radical (unpaired) electrons. The van der Waals surface area contributed by atoms with E-state index in [0.29, 0.717) is 17.9 Å². The third kappa shape index (κ3) is 2.10. The summed E-state index contributed by atoms with van der Waals surface area (Å²) < 4.78 is 0. The van der Waals surface area contributed by atoms with Gasteiger partial charge in [-0.05, 0) is 68.2 Å². The zero-order valence-corrected chi connectivity index (χ0v) is 12.2. The molecule has 1 aromatic carbocycles. The van der Waals surface area contributed by atoms with Crippen molar-refractivity contribution < 1.29 is 5.11 Å². The molecule has 2 aliphatic carbocycles. The molecule has 1 aromatic rings. The van der Waals surface area contributed by atoms with E-state index in [1.54, 1.807) is 5.56 Å². The van der Waals surface area contributed by atoms with Crippen molar-refractivity contribution in [3.05, 3.63) is 35.4 Å². The highest BCUT2D eigenvalue weighted by Gasteiger charge is 2.43. The Labute approximate surface area is 121 Å². The highest BCUT2D eigenvalue weighted by molar-refractivity contribution is 5.35. The summed E-state index contributed by atoms with van der Waals surface area (Å²) in [6.45, 7) is 2.39. The Kier molecular flexibility index (Phi) is 3.31. The summed E-state index contributed by atoms with van der Waals surface area (Å²) in [5.41, 5.74) is 3.06. The summed E-state index contributed by atoms with van der Waals surface area (Å²) in [7, 11) is 0. The first kappa shape index (κ1) is 12.8. The number of piperidine rings is 1. The molecular weight excluding hydrogens is 246 g/mol. The zero-order valence-electron chi connectivity index (χ0n) is 12.2. The van der Waals surface area contributed by atoms with Gasteiger partial charge in [0, 0.05) is 6.04 Å². The maximum atomic E-state index is 10.8. The second-order valence-electron chi connectivity index (χ2n) is 6.99. The minimum atomic E-state index is -0.113. The molecule has 0 spiro atoms. The fourth-order valence-corrected chi connectivity index (χ4v) is 4.82. The van der Waals surface area contributed by atoms with E-state index >= 15 is 0 Å². The van der Waals surface area contributed by atoms with E-state index < -0.39 is 0 Å². The van der Waals surface area contributed by atoms with Crippen LogP contribution in [-0.2, 0) is 6.42 Å². The van der Waals surface area contributed by atoms with E-state index in [2.05, 4.69) is 29.2 Å². The first-order chi connectivity index (χ1) is 9.83. The Morgan fingerprint density at radius 2 is 1.80 bits per heavy atom. The average Bonchev–Trinajstić information content (AvgIpc) is 2.51. The van der Waals surface area contributed by atoms with Crippen LogP contribution in [0.3, 0.4) is 0 Å². The van der Waals surface area contributed by atoms with Crippen molar-refractivity contribution in [3.63, 3.8) is 0 Å². The van der Waals surface area contributed by atoms with Crippen LogP contribution < -0.4 is 0 Å². The second-order valence-corrected chi connectivity index (χ2v) is 6.99. The van der Waals surface area contributed by atoms with Gasteiger partial charge in [-0.2, -0.15) is 0 Å². The van der Waals surface area contributed by atoms with E-state index in [0.717, 1.165) is 12.8 Å². The lowest BCUT2D eigenvalue weighted by molar-refractivity contribution is -0.0346. The van der Waals surface area contributed by atoms with Crippen LogP contribution in [0.5, 0.6) is 0 Å². The third-order valence-corrected chi connectivity index (χ3v) is 5.83. The van der Waals surface area contributed by atoms with Gasteiger partial charge in [-0.1, -0.05) is 30.7 Å². The topological polar surface area (TPSA) is 23.5 Å². The fourth-order valence-electron chi connectivity index (χ4n) is 4.82. The molecule has 1 aliphatic heterocycles. The van der Waals surface area contributed by atoms with Crippen LogP contribution in [-0.4, -0.2) is 35.2 Å². The molecule has 3 aliphatic rings. The highest BCUT2D eigenvalue weighted by Crippen LogP contribution is 2.45. The number of nitrogens with zero attached hydrogens (tertiary/aromatic N) is 1. The van der Waals surface area contributed by atoms with Crippen molar-refractivity contribution >= 4 is 0 Å². The van der Waals surface area contributed by atoms with Crippen LogP contribution in [0.25, 0.3) is 0 Å². The maximum absolute atomic E-state index is 10.8. The summed E-state index contributed by atoms with van der Waals surface area (Å²) in [6.07, 6.45) is 7.33. The highest BCUT2D eigenvalue weighted by atomic mass is 16.3. The van der Waals surface area contributed by atoms with Crippen LogP contribution >= 0.6 is 0 Å². The Balaban J connectivity index is 1.61. The zero-order chi connectivity index (χ0) is 13.5. The van der Waals surface area contributed by atoms with E-state index in [1.807, 2.05) is 0 Å². The van der Waals surface area contributed by atoms with Gasteiger partial charge in [0.2, 0.25) is 0 Å². The van der Waals surface area contributed by atoms with Gasteiger partial charge in [0.05, 0.1) is 6.10 Å². The largest absolute Gasteiger partial charge is 0.391 e. The van der Waals surface area contributed by atoms with E-state index in [9.17, 15) is 5.11 Å². The standard InChI is InChI=1S/C18H25NO/c20-18-15-10-13-6-2-3-7-16(13)14(11-15)12-17(18)19-8-4-1-5-9-19/h2-3,6-7,14-15,17-18,20H,1,4-5,8-12H2/t14-,15+,17-,18+/m0/s1. The molecule has 1 saturated carbocycles. The number of hydrogen-bond acceptors (Lipinski definition) is 2. The fraction of sp³-hybridized carbons (Fsp3) is 0.667. The average molecular weight is 271 g/mol. The first-order valence-electron chi connectivity index (χ1n) is 8.33. The summed E-state index contributed by atoms with van der Waals surface area (Å²) in [4.78, 5) is 2.58. The SMILES string of the molecule is O[C@@H]1[C@@H]2Cc3ccccc3[C@@H](C2)C[C@@H]1N1CCCCC1. The quantitative estimate of drug-likeness (QED) is 0.849. The molecule has 1 saturated heterocycles. The molecule has 4 rings (SSSR count). The van der Waals surface area contributed by atoms with Crippen molar-refractivity contribution in [2.24, 2.45) is 5.92 Å². The molecule has 2 fully saturated rings.